The van der Waals surface area contributed by atoms with E-state index in [2.05, 4.69) is 121 Å². The van der Waals surface area contributed by atoms with Crippen LogP contribution in [0.1, 0.15) is 0 Å². The van der Waals surface area contributed by atoms with Crippen LogP contribution in [-0.2, 0) is 0 Å². The van der Waals surface area contributed by atoms with Crippen LogP contribution in [0, 0.1) is 0 Å². The first-order chi connectivity index (χ1) is 16.8. The molecular formula is C30H17IN2O. The summed E-state index contributed by atoms with van der Waals surface area (Å²) >= 11 is 2.42. The number of hydrogen-bond acceptors (Lipinski definition) is 1. The van der Waals surface area contributed by atoms with E-state index in [0.29, 0.717) is 0 Å². The molecule has 0 spiro atoms. The fourth-order valence-electron chi connectivity index (χ4n) is 5.64. The molecule has 0 aliphatic rings. The first-order valence-corrected chi connectivity index (χ1v) is 12.3. The third-order valence-corrected chi connectivity index (χ3v) is 8.08. The van der Waals surface area contributed by atoms with Crippen LogP contribution in [0.4, 0.5) is 0 Å². The van der Waals surface area contributed by atoms with Gasteiger partial charge in [0.15, 0.2) is 5.58 Å². The maximum Gasteiger partial charge on any atom is 0.159 e. The molecule has 4 heteroatoms. The molecule has 8 rings (SSSR count). The Balaban J connectivity index is 1.62. The Labute approximate surface area is 208 Å². The second-order valence-corrected chi connectivity index (χ2v) is 9.72. The first-order valence-electron chi connectivity index (χ1n) is 11.3. The summed E-state index contributed by atoms with van der Waals surface area (Å²) in [5.74, 6) is 0. The lowest BCUT2D eigenvalue weighted by Gasteiger charge is -2.08. The van der Waals surface area contributed by atoms with Gasteiger partial charge in [-0.05, 0) is 36.4 Å². The van der Waals surface area contributed by atoms with Gasteiger partial charge in [0.05, 0.1) is 50.6 Å². The van der Waals surface area contributed by atoms with Crippen LogP contribution >= 0.6 is 22.9 Å². The lowest BCUT2D eigenvalue weighted by atomic mass is 10.1. The molecule has 0 fully saturated rings. The number of nitrogens with zero attached hydrogens (tertiary/aromatic N) is 2. The molecule has 8 aromatic rings. The predicted octanol–water partition coefficient (Wildman–Crippen LogP) is 8.99. The molecule has 34 heavy (non-hydrogen) atoms. The van der Waals surface area contributed by atoms with Crippen LogP contribution in [0.3, 0.4) is 0 Å². The maximum absolute atomic E-state index is 6.44. The topological polar surface area (TPSA) is 23.0 Å². The minimum atomic E-state index is 0.918. The van der Waals surface area contributed by atoms with Gasteiger partial charge in [0.1, 0.15) is 5.58 Å². The highest BCUT2D eigenvalue weighted by molar-refractivity contribution is 14.1. The number of hydrogen-bond donors (Lipinski definition) is 0. The molecule has 5 aromatic carbocycles. The smallest absolute Gasteiger partial charge is 0.159 e. The Bertz CT molecular complexity index is 2090. The van der Waals surface area contributed by atoms with Gasteiger partial charge in [-0.15, -0.1) is 0 Å². The molecule has 0 radical (unpaired) electrons. The van der Waals surface area contributed by atoms with Gasteiger partial charge in [-0.2, -0.15) is 0 Å². The van der Waals surface area contributed by atoms with Gasteiger partial charge in [-0.25, -0.2) is 0 Å². The maximum atomic E-state index is 6.44. The lowest BCUT2D eigenvalue weighted by molar-refractivity contribution is 0.666. The second-order valence-electron chi connectivity index (χ2n) is 8.76. The fourth-order valence-corrected chi connectivity index (χ4v) is 6.46. The van der Waals surface area contributed by atoms with Gasteiger partial charge < -0.3 is 8.98 Å². The van der Waals surface area contributed by atoms with Gasteiger partial charge in [0.25, 0.3) is 0 Å². The van der Waals surface area contributed by atoms with Crippen LogP contribution in [0.5, 0.6) is 0 Å². The summed E-state index contributed by atoms with van der Waals surface area (Å²) in [6.45, 7) is 0. The summed E-state index contributed by atoms with van der Waals surface area (Å²) in [5.41, 5.74) is 7.75. The van der Waals surface area contributed by atoms with E-state index < -0.39 is 0 Å². The highest BCUT2D eigenvalue weighted by Gasteiger charge is 2.21. The Morgan fingerprint density at radius 1 is 0.500 bits per heavy atom. The van der Waals surface area contributed by atoms with E-state index in [9.17, 15) is 0 Å². The normalized spacial score (nSPS) is 12.3. The molecule has 0 bridgehead atoms. The van der Waals surface area contributed by atoms with Crippen molar-refractivity contribution < 1.29 is 4.42 Å². The minimum Gasteiger partial charge on any atom is -0.454 e. The molecule has 0 N–H and O–H groups in total. The highest BCUT2D eigenvalue weighted by Crippen LogP contribution is 2.43. The number of furan rings is 1. The Morgan fingerprint density at radius 3 is 1.97 bits per heavy atom. The Morgan fingerprint density at radius 2 is 1.12 bits per heavy atom. The third-order valence-electron chi connectivity index (χ3n) is 7.04. The van der Waals surface area contributed by atoms with Crippen molar-refractivity contribution in [3.05, 3.63) is 103 Å². The molecule has 0 amide bonds. The summed E-state index contributed by atoms with van der Waals surface area (Å²) in [7, 11) is 0. The predicted molar refractivity (Wildman–Crippen MR) is 150 cm³/mol. The molecule has 160 valence electrons. The van der Waals surface area contributed by atoms with Crippen LogP contribution in [0.2, 0.25) is 0 Å². The lowest BCUT2D eigenvalue weighted by Crippen LogP contribution is -1.94. The molecule has 0 saturated carbocycles. The molecule has 3 nitrogen and oxygen atoms in total. The molecular weight excluding hydrogens is 531 g/mol. The average molecular weight is 548 g/mol. The van der Waals surface area contributed by atoms with Gasteiger partial charge in [0.2, 0.25) is 0 Å². The molecule has 3 aromatic heterocycles. The van der Waals surface area contributed by atoms with Gasteiger partial charge in [-0.3, -0.25) is 2.78 Å². The summed E-state index contributed by atoms with van der Waals surface area (Å²) in [6, 6.07) is 36.6. The summed E-state index contributed by atoms with van der Waals surface area (Å²) < 4.78 is 11.1. The largest absolute Gasteiger partial charge is 0.454 e. The molecule has 0 unspecified atom stereocenters. The minimum absolute atomic E-state index is 0.918. The van der Waals surface area contributed by atoms with E-state index in [1.54, 1.807) is 0 Å². The number of para-hydroxylation sites is 4. The average Bonchev–Trinajstić information content (AvgIpc) is 3.52. The van der Waals surface area contributed by atoms with E-state index in [-0.39, 0.29) is 0 Å². The SMILES string of the molecule is In1c2ccccc2c2c3c4ccccc4n(-c4cccc5c4oc4ccccc45)c3ccc21. The zero-order valence-electron chi connectivity index (χ0n) is 18.0. The van der Waals surface area contributed by atoms with E-state index >= 15 is 0 Å². The van der Waals surface area contributed by atoms with E-state index in [4.69, 9.17) is 4.42 Å². The monoisotopic (exact) mass is 548 g/mol. The zero-order valence-corrected chi connectivity index (χ0v) is 20.2. The third kappa shape index (κ3) is 2.26. The molecule has 0 aliphatic carbocycles. The highest BCUT2D eigenvalue weighted by atomic mass is 127. The summed E-state index contributed by atoms with van der Waals surface area (Å²) in [5, 5.41) is 7.41. The van der Waals surface area contributed by atoms with E-state index in [0.717, 1.165) is 27.6 Å². The molecule has 0 aliphatic heterocycles. The molecule has 3 heterocycles. The quantitative estimate of drug-likeness (QED) is 0.188. The van der Waals surface area contributed by atoms with Crippen molar-refractivity contribution in [1.82, 2.24) is 7.35 Å². The number of rotatable bonds is 1. The molecule has 0 atom stereocenters. The van der Waals surface area contributed by atoms with Gasteiger partial charge in [-0.1, -0.05) is 66.7 Å². The van der Waals surface area contributed by atoms with Crippen molar-refractivity contribution in [2.45, 2.75) is 0 Å². The van der Waals surface area contributed by atoms with Crippen molar-refractivity contribution >= 4 is 88.4 Å². The van der Waals surface area contributed by atoms with Crippen LogP contribution in [0.25, 0.3) is 71.2 Å². The fraction of sp³-hybridized carbons (Fsp3) is 0. The Hall–Kier alpha value is -3.77. The number of halogens is 1. The van der Waals surface area contributed by atoms with Crippen molar-refractivity contribution in [3.63, 3.8) is 0 Å². The van der Waals surface area contributed by atoms with Crippen molar-refractivity contribution in [2.24, 2.45) is 0 Å². The van der Waals surface area contributed by atoms with Gasteiger partial charge >= 0.3 is 0 Å². The summed E-state index contributed by atoms with van der Waals surface area (Å²) in [4.78, 5) is 0. The van der Waals surface area contributed by atoms with Crippen molar-refractivity contribution in [1.29, 1.82) is 0 Å². The number of aromatic nitrogens is 2. The number of fused-ring (bicyclic) bond motifs is 10. The molecule has 0 saturated heterocycles. The summed E-state index contributed by atoms with van der Waals surface area (Å²) in [6.07, 6.45) is 0. The van der Waals surface area contributed by atoms with Crippen LogP contribution < -0.4 is 0 Å². The zero-order chi connectivity index (χ0) is 22.4. The van der Waals surface area contributed by atoms with E-state index in [1.165, 1.54) is 43.6 Å². The second kappa shape index (κ2) is 6.64. The van der Waals surface area contributed by atoms with Crippen LogP contribution in [0.15, 0.2) is 108 Å². The van der Waals surface area contributed by atoms with Crippen molar-refractivity contribution in [3.8, 4) is 5.69 Å². The first kappa shape index (κ1) is 18.6. The standard InChI is InChI=1S/C30H17IN2O/c31-33-23-13-5-2-10-21(23)29-25(33)17-16-24-28(29)20-9-1-4-12-22(20)32(24)26-14-7-11-19-18-8-3-6-15-27(18)34-30(19)26/h1-17H. The van der Waals surface area contributed by atoms with Crippen LogP contribution in [-0.4, -0.2) is 7.35 Å². The van der Waals surface area contributed by atoms with Gasteiger partial charge in [0, 0.05) is 32.3 Å². The Kier molecular flexibility index (Phi) is 3.64. The van der Waals surface area contributed by atoms with Crippen molar-refractivity contribution in [2.75, 3.05) is 0 Å². The number of benzene rings is 5. The van der Waals surface area contributed by atoms with E-state index in [1.807, 2.05) is 12.1 Å².